The van der Waals surface area contributed by atoms with E-state index in [4.69, 9.17) is 0 Å². The lowest BCUT2D eigenvalue weighted by Gasteiger charge is -2.22. The molecule has 180 valence electrons. The van der Waals surface area contributed by atoms with Crippen LogP contribution < -0.4 is 0 Å². The molecule has 0 amide bonds. The minimum atomic E-state index is 1.11. The maximum atomic E-state index is 3.57. The highest BCUT2D eigenvalue weighted by Crippen LogP contribution is 2.15. The molecule has 1 aromatic carbocycles. The topological polar surface area (TPSA) is 3.24 Å². The molecule has 1 nitrogen and oxygen atoms in total. The summed E-state index contributed by atoms with van der Waals surface area (Å²) in [4.78, 5) is 2.71. The minimum absolute atomic E-state index is 1.11. The average Bonchev–Trinajstić information content (AvgIpc) is 2.78. The Morgan fingerprint density at radius 3 is 1.26 bits per heavy atom. The number of unbranched alkanes of at least 4 members (excludes halogenated alkanes) is 16. The van der Waals surface area contributed by atoms with E-state index in [2.05, 4.69) is 58.9 Å². The molecule has 2 heteroatoms. The molecular weight excluding hydrogens is 442 g/mol. The molecular formula is C29H52BrN. The molecule has 0 aliphatic carbocycles. The summed E-state index contributed by atoms with van der Waals surface area (Å²) in [6, 6.07) is 8.93. The lowest BCUT2D eigenvalue weighted by atomic mass is 10.1. The Morgan fingerprint density at radius 2 is 0.871 bits per heavy atom. The van der Waals surface area contributed by atoms with Crippen molar-refractivity contribution in [2.24, 2.45) is 0 Å². The van der Waals surface area contributed by atoms with Gasteiger partial charge in [-0.15, -0.1) is 0 Å². The number of hydrogen-bond donors (Lipinski definition) is 0. The molecule has 0 fully saturated rings. The van der Waals surface area contributed by atoms with Crippen molar-refractivity contribution in [1.82, 2.24) is 4.90 Å². The second-order valence-corrected chi connectivity index (χ2v) is 10.5. The standard InChI is InChI=1S/C29H52BrN/c1-3-5-7-9-11-13-15-17-19-25-31(27-28-21-23-29(30)24-22-28)26-20-18-16-14-12-10-8-6-4-2/h21-24H,3-20,25-27H2,1-2H3. The van der Waals surface area contributed by atoms with Crippen LogP contribution in [0.3, 0.4) is 0 Å². The van der Waals surface area contributed by atoms with Gasteiger partial charge < -0.3 is 0 Å². The molecule has 0 N–H and O–H groups in total. The van der Waals surface area contributed by atoms with Gasteiger partial charge in [-0.05, 0) is 43.6 Å². The van der Waals surface area contributed by atoms with Crippen LogP contribution in [0.2, 0.25) is 0 Å². The molecule has 0 atom stereocenters. The van der Waals surface area contributed by atoms with Crippen molar-refractivity contribution >= 4 is 15.9 Å². The number of rotatable bonds is 22. The zero-order valence-corrected chi connectivity index (χ0v) is 22.6. The van der Waals surface area contributed by atoms with Crippen molar-refractivity contribution < 1.29 is 0 Å². The molecule has 0 aliphatic heterocycles. The van der Waals surface area contributed by atoms with E-state index in [1.54, 1.807) is 0 Å². The van der Waals surface area contributed by atoms with Gasteiger partial charge in [0, 0.05) is 11.0 Å². The van der Waals surface area contributed by atoms with E-state index in [0.717, 1.165) is 6.54 Å². The molecule has 1 rings (SSSR count). The summed E-state index contributed by atoms with van der Waals surface area (Å²) in [6.07, 6.45) is 25.5. The summed E-state index contributed by atoms with van der Waals surface area (Å²) in [6.45, 7) is 8.25. The highest BCUT2D eigenvalue weighted by Gasteiger charge is 2.06. The van der Waals surface area contributed by atoms with E-state index >= 15 is 0 Å². The number of halogens is 1. The van der Waals surface area contributed by atoms with E-state index < -0.39 is 0 Å². The second-order valence-electron chi connectivity index (χ2n) is 9.56. The first-order valence-corrected chi connectivity index (χ1v) is 14.5. The smallest absolute Gasteiger partial charge is 0.0233 e. The Bertz CT molecular complexity index is 462. The highest BCUT2D eigenvalue weighted by atomic mass is 79.9. The zero-order valence-electron chi connectivity index (χ0n) is 21.0. The molecule has 0 unspecified atom stereocenters. The first-order chi connectivity index (χ1) is 15.3. The molecule has 0 saturated heterocycles. The first-order valence-electron chi connectivity index (χ1n) is 13.7. The van der Waals surface area contributed by atoms with Gasteiger partial charge in [-0.1, -0.05) is 145 Å². The van der Waals surface area contributed by atoms with Gasteiger partial charge in [-0.3, -0.25) is 4.90 Å². The normalized spacial score (nSPS) is 11.5. The Balaban J connectivity index is 2.20. The lowest BCUT2D eigenvalue weighted by Crippen LogP contribution is -2.25. The third-order valence-corrected chi connectivity index (χ3v) is 7.00. The molecule has 0 radical (unpaired) electrons. The summed E-state index contributed by atoms with van der Waals surface area (Å²) in [7, 11) is 0. The van der Waals surface area contributed by atoms with Gasteiger partial charge in [0.15, 0.2) is 0 Å². The largest absolute Gasteiger partial charge is 0.299 e. The molecule has 0 saturated carbocycles. The van der Waals surface area contributed by atoms with Crippen LogP contribution in [0, 0.1) is 0 Å². The monoisotopic (exact) mass is 493 g/mol. The van der Waals surface area contributed by atoms with Crippen LogP contribution in [-0.4, -0.2) is 18.0 Å². The highest BCUT2D eigenvalue weighted by molar-refractivity contribution is 9.10. The Labute approximate surface area is 203 Å². The van der Waals surface area contributed by atoms with E-state index in [9.17, 15) is 0 Å². The molecule has 0 heterocycles. The molecule has 0 bridgehead atoms. The third-order valence-electron chi connectivity index (χ3n) is 6.48. The van der Waals surface area contributed by atoms with Crippen LogP contribution >= 0.6 is 15.9 Å². The molecule has 31 heavy (non-hydrogen) atoms. The van der Waals surface area contributed by atoms with Crippen LogP contribution in [0.5, 0.6) is 0 Å². The predicted octanol–water partition coefficient (Wildman–Crippen LogP) is 10.3. The lowest BCUT2D eigenvalue weighted by molar-refractivity contribution is 0.252. The van der Waals surface area contributed by atoms with Crippen LogP contribution in [0.4, 0.5) is 0 Å². The van der Waals surface area contributed by atoms with Gasteiger partial charge in [-0.25, -0.2) is 0 Å². The van der Waals surface area contributed by atoms with Crippen LogP contribution in [-0.2, 0) is 6.54 Å². The van der Waals surface area contributed by atoms with Crippen LogP contribution in [0.1, 0.15) is 135 Å². The fourth-order valence-corrected chi connectivity index (χ4v) is 4.67. The zero-order chi connectivity index (χ0) is 22.4. The van der Waals surface area contributed by atoms with E-state index in [1.807, 2.05) is 0 Å². The van der Waals surface area contributed by atoms with E-state index in [0.29, 0.717) is 0 Å². The van der Waals surface area contributed by atoms with Crippen molar-refractivity contribution in [2.75, 3.05) is 13.1 Å². The van der Waals surface area contributed by atoms with Gasteiger partial charge >= 0.3 is 0 Å². The Hall–Kier alpha value is -0.340. The van der Waals surface area contributed by atoms with Crippen molar-refractivity contribution in [3.63, 3.8) is 0 Å². The number of hydrogen-bond acceptors (Lipinski definition) is 1. The van der Waals surface area contributed by atoms with Crippen LogP contribution in [0.15, 0.2) is 28.7 Å². The van der Waals surface area contributed by atoms with Crippen molar-refractivity contribution in [2.45, 2.75) is 136 Å². The summed E-state index contributed by atoms with van der Waals surface area (Å²) >= 11 is 3.57. The predicted molar refractivity (Wildman–Crippen MR) is 144 cm³/mol. The van der Waals surface area contributed by atoms with E-state index in [1.165, 1.54) is 139 Å². The van der Waals surface area contributed by atoms with Gasteiger partial charge in [0.05, 0.1) is 0 Å². The third kappa shape index (κ3) is 17.8. The summed E-state index contributed by atoms with van der Waals surface area (Å²) < 4.78 is 1.18. The summed E-state index contributed by atoms with van der Waals surface area (Å²) in [5.74, 6) is 0. The maximum Gasteiger partial charge on any atom is 0.0233 e. The maximum absolute atomic E-state index is 3.57. The second kappa shape index (κ2) is 21.5. The van der Waals surface area contributed by atoms with Crippen molar-refractivity contribution in [3.8, 4) is 0 Å². The molecule has 0 aromatic heterocycles. The summed E-state index contributed by atoms with van der Waals surface area (Å²) in [5, 5.41) is 0. The molecule has 0 spiro atoms. The SMILES string of the molecule is CCCCCCCCCCCN(CCCCCCCCCCC)Cc1ccc(Br)cc1. The minimum Gasteiger partial charge on any atom is -0.299 e. The Kier molecular flexibility index (Phi) is 19.9. The van der Waals surface area contributed by atoms with Crippen molar-refractivity contribution in [3.05, 3.63) is 34.3 Å². The van der Waals surface area contributed by atoms with Gasteiger partial charge in [0.25, 0.3) is 0 Å². The fraction of sp³-hybridized carbons (Fsp3) is 0.793. The van der Waals surface area contributed by atoms with Gasteiger partial charge in [0.1, 0.15) is 0 Å². The van der Waals surface area contributed by atoms with E-state index in [-0.39, 0.29) is 0 Å². The van der Waals surface area contributed by atoms with Crippen LogP contribution in [0.25, 0.3) is 0 Å². The molecule has 0 aliphatic rings. The Morgan fingerprint density at radius 1 is 0.516 bits per heavy atom. The summed E-state index contributed by atoms with van der Waals surface area (Å²) in [5.41, 5.74) is 1.45. The quantitative estimate of drug-likeness (QED) is 0.145. The molecule has 1 aromatic rings. The average molecular weight is 495 g/mol. The van der Waals surface area contributed by atoms with Gasteiger partial charge in [0.2, 0.25) is 0 Å². The van der Waals surface area contributed by atoms with Gasteiger partial charge in [-0.2, -0.15) is 0 Å². The number of benzene rings is 1. The first kappa shape index (κ1) is 28.7. The van der Waals surface area contributed by atoms with Crippen molar-refractivity contribution in [1.29, 1.82) is 0 Å². The fourth-order valence-electron chi connectivity index (χ4n) is 4.41. The number of nitrogens with zero attached hydrogens (tertiary/aromatic N) is 1.